The van der Waals surface area contributed by atoms with E-state index in [1.54, 1.807) is 25.7 Å². The molecule has 0 radical (unpaired) electrons. The lowest BCUT2D eigenvalue weighted by Gasteiger charge is -2.34. The van der Waals surface area contributed by atoms with Crippen LogP contribution in [0.5, 0.6) is 0 Å². The first-order valence-corrected chi connectivity index (χ1v) is 7.03. The van der Waals surface area contributed by atoms with Gasteiger partial charge >= 0.3 is 0 Å². The Bertz CT molecular complexity index is 217. The van der Waals surface area contributed by atoms with Crippen molar-refractivity contribution in [3.8, 4) is 0 Å². The molecule has 0 aromatic heterocycles. The van der Waals surface area contributed by atoms with Crippen LogP contribution in [0.1, 0.15) is 45.4 Å². The van der Waals surface area contributed by atoms with E-state index in [9.17, 15) is 0 Å². The third-order valence-electron chi connectivity index (χ3n) is 5.25. The van der Waals surface area contributed by atoms with Crippen molar-refractivity contribution in [1.29, 1.82) is 0 Å². The van der Waals surface area contributed by atoms with Gasteiger partial charge in [-0.05, 0) is 68.9 Å². The summed E-state index contributed by atoms with van der Waals surface area (Å²) in [5, 5.41) is 0. The summed E-state index contributed by atoms with van der Waals surface area (Å²) in [6.45, 7) is 6.62. The first-order valence-electron chi connectivity index (χ1n) is 7.03. The Labute approximate surface area is 94.2 Å². The van der Waals surface area contributed by atoms with Gasteiger partial charge in [-0.25, -0.2) is 0 Å². The fourth-order valence-corrected chi connectivity index (χ4v) is 4.18. The second kappa shape index (κ2) is 4.08. The highest BCUT2D eigenvalue weighted by atomic mass is 15.1. The Morgan fingerprint density at radius 2 is 1.80 bits per heavy atom. The molecule has 0 aromatic rings. The van der Waals surface area contributed by atoms with E-state index in [2.05, 4.69) is 11.8 Å². The molecule has 15 heavy (non-hydrogen) atoms. The minimum atomic E-state index is 0.987. The van der Waals surface area contributed by atoms with E-state index >= 15 is 0 Å². The molecule has 1 heterocycles. The third kappa shape index (κ3) is 2.08. The van der Waals surface area contributed by atoms with Gasteiger partial charge in [-0.1, -0.05) is 13.3 Å². The Kier molecular flexibility index (Phi) is 2.76. The Morgan fingerprint density at radius 1 is 1.00 bits per heavy atom. The van der Waals surface area contributed by atoms with Gasteiger partial charge in [0.25, 0.3) is 0 Å². The lowest BCUT2D eigenvalue weighted by molar-refractivity contribution is 0.144. The molecule has 86 valence electrons. The normalized spacial score (nSPS) is 42.6. The van der Waals surface area contributed by atoms with E-state index in [1.807, 2.05) is 0 Å². The molecule has 1 nitrogen and oxygen atoms in total. The quantitative estimate of drug-likeness (QED) is 0.672. The van der Waals surface area contributed by atoms with Crippen molar-refractivity contribution in [2.24, 2.45) is 23.7 Å². The van der Waals surface area contributed by atoms with Crippen LogP contribution in [0.4, 0.5) is 0 Å². The zero-order valence-electron chi connectivity index (χ0n) is 10.1. The number of nitrogens with zero attached hydrogens (tertiary/aromatic N) is 1. The summed E-state index contributed by atoms with van der Waals surface area (Å²) in [4.78, 5) is 2.76. The lowest BCUT2D eigenvalue weighted by atomic mass is 9.87. The number of rotatable bonds is 2. The molecular formula is C14H25N. The van der Waals surface area contributed by atoms with Crippen molar-refractivity contribution >= 4 is 0 Å². The smallest absolute Gasteiger partial charge is 0.00124 e. The van der Waals surface area contributed by atoms with Crippen molar-refractivity contribution < 1.29 is 0 Å². The van der Waals surface area contributed by atoms with E-state index in [-0.39, 0.29) is 0 Å². The number of hydrogen-bond donors (Lipinski definition) is 0. The maximum Gasteiger partial charge on any atom is 0.00124 e. The summed E-state index contributed by atoms with van der Waals surface area (Å²) in [6.07, 6.45) is 9.14. The van der Waals surface area contributed by atoms with Crippen molar-refractivity contribution in [2.45, 2.75) is 45.4 Å². The SMILES string of the molecule is CC1CCN(CC2CC3CCC2C3)CC1. The van der Waals surface area contributed by atoms with Gasteiger partial charge in [0.15, 0.2) is 0 Å². The Morgan fingerprint density at radius 3 is 2.40 bits per heavy atom. The van der Waals surface area contributed by atoms with Crippen LogP contribution in [0.3, 0.4) is 0 Å². The van der Waals surface area contributed by atoms with Gasteiger partial charge in [0.1, 0.15) is 0 Å². The fourth-order valence-electron chi connectivity index (χ4n) is 4.18. The predicted molar refractivity (Wildman–Crippen MR) is 63.8 cm³/mol. The summed E-state index contributed by atoms with van der Waals surface area (Å²) in [6, 6.07) is 0. The maximum atomic E-state index is 2.76. The summed E-state index contributed by atoms with van der Waals surface area (Å²) in [7, 11) is 0. The van der Waals surface area contributed by atoms with Crippen LogP contribution < -0.4 is 0 Å². The van der Waals surface area contributed by atoms with Crippen LogP contribution in [-0.2, 0) is 0 Å². The van der Waals surface area contributed by atoms with E-state index in [1.165, 1.54) is 32.5 Å². The molecule has 0 spiro atoms. The van der Waals surface area contributed by atoms with Crippen LogP contribution >= 0.6 is 0 Å². The molecule has 0 N–H and O–H groups in total. The maximum absolute atomic E-state index is 2.76. The average Bonchev–Trinajstić information content (AvgIpc) is 2.83. The predicted octanol–water partition coefficient (Wildman–Crippen LogP) is 3.15. The Hall–Kier alpha value is -0.0400. The standard InChI is InChI=1S/C14H25N/c1-11-4-6-15(7-5-11)10-14-9-12-2-3-13(14)8-12/h11-14H,2-10H2,1H3. The van der Waals surface area contributed by atoms with Crippen LogP contribution in [0.2, 0.25) is 0 Å². The summed E-state index contributed by atoms with van der Waals surface area (Å²) < 4.78 is 0. The summed E-state index contributed by atoms with van der Waals surface area (Å²) >= 11 is 0. The van der Waals surface area contributed by atoms with Crippen molar-refractivity contribution in [1.82, 2.24) is 4.90 Å². The molecule has 1 saturated heterocycles. The molecule has 1 aliphatic heterocycles. The van der Waals surface area contributed by atoms with E-state index in [4.69, 9.17) is 0 Å². The molecule has 0 amide bonds. The van der Waals surface area contributed by atoms with Gasteiger partial charge in [-0.3, -0.25) is 0 Å². The number of hydrogen-bond acceptors (Lipinski definition) is 1. The average molecular weight is 207 g/mol. The molecule has 3 fully saturated rings. The van der Waals surface area contributed by atoms with Gasteiger partial charge in [0.2, 0.25) is 0 Å². The first kappa shape index (κ1) is 10.1. The number of fused-ring (bicyclic) bond motifs is 2. The lowest BCUT2D eigenvalue weighted by Crippen LogP contribution is -2.37. The molecular weight excluding hydrogens is 182 g/mol. The van der Waals surface area contributed by atoms with E-state index < -0.39 is 0 Å². The number of piperidine rings is 1. The largest absolute Gasteiger partial charge is 0.303 e. The first-order chi connectivity index (χ1) is 7.31. The molecule has 3 aliphatic rings. The highest BCUT2D eigenvalue weighted by molar-refractivity contribution is 4.91. The van der Waals surface area contributed by atoms with Gasteiger partial charge in [0, 0.05) is 6.54 Å². The zero-order valence-corrected chi connectivity index (χ0v) is 10.1. The summed E-state index contributed by atoms with van der Waals surface area (Å²) in [5.74, 6) is 4.32. The second-order valence-electron chi connectivity index (χ2n) is 6.42. The second-order valence-corrected chi connectivity index (χ2v) is 6.42. The molecule has 2 saturated carbocycles. The Balaban J connectivity index is 1.49. The molecule has 0 aromatic carbocycles. The van der Waals surface area contributed by atoms with Crippen LogP contribution in [0.15, 0.2) is 0 Å². The summed E-state index contributed by atoms with van der Waals surface area (Å²) in [5.41, 5.74) is 0. The molecule has 3 atom stereocenters. The highest BCUT2D eigenvalue weighted by Crippen LogP contribution is 2.48. The molecule has 3 unspecified atom stereocenters. The molecule has 1 heteroatoms. The van der Waals surface area contributed by atoms with E-state index in [0.29, 0.717) is 0 Å². The van der Waals surface area contributed by atoms with Gasteiger partial charge < -0.3 is 4.90 Å². The third-order valence-corrected chi connectivity index (χ3v) is 5.25. The minimum Gasteiger partial charge on any atom is -0.303 e. The van der Waals surface area contributed by atoms with Gasteiger partial charge in [-0.15, -0.1) is 0 Å². The van der Waals surface area contributed by atoms with Crippen molar-refractivity contribution in [2.75, 3.05) is 19.6 Å². The molecule has 3 rings (SSSR count). The number of likely N-dealkylation sites (tertiary alicyclic amines) is 1. The van der Waals surface area contributed by atoms with E-state index in [0.717, 1.165) is 23.7 Å². The van der Waals surface area contributed by atoms with Crippen LogP contribution in [0, 0.1) is 23.7 Å². The molecule has 2 bridgehead atoms. The van der Waals surface area contributed by atoms with Crippen molar-refractivity contribution in [3.05, 3.63) is 0 Å². The molecule has 2 aliphatic carbocycles. The topological polar surface area (TPSA) is 3.24 Å². The zero-order chi connectivity index (χ0) is 10.3. The van der Waals surface area contributed by atoms with Crippen LogP contribution in [0.25, 0.3) is 0 Å². The van der Waals surface area contributed by atoms with Gasteiger partial charge in [-0.2, -0.15) is 0 Å². The van der Waals surface area contributed by atoms with Crippen molar-refractivity contribution in [3.63, 3.8) is 0 Å². The van der Waals surface area contributed by atoms with Crippen LogP contribution in [-0.4, -0.2) is 24.5 Å². The minimum absolute atomic E-state index is 0.987. The highest BCUT2D eigenvalue weighted by Gasteiger charge is 2.40. The van der Waals surface area contributed by atoms with Gasteiger partial charge in [0.05, 0.1) is 0 Å². The fraction of sp³-hybridized carbons (Fsp3) is 1.00. The monoisotopic (exact) mass is 207 g/mol.